The summed E-state index contributed by atoms with van der Waals surface area (Å²) < 4.78 is 1.08. The molecule has 0 bridgehead atoms. The van der Waals surface area contributed by atoms with Crippen LogP contribution in [0.2, 0.25) is 0 Å². The lowest BCUT2D eigenvalue weighted by Gasteiger charge is -2.27. The summed E-state index contributed by atoms with van der Waals surface area (Å²) in [6.07, 6.45) is 2.94. The number of nitrogens with zero attached hydrogens (tertiary/aromatic N) is 1. The second kappa shape index (κ2) is 5.35. The van der Waals surface area contributed by atoms with E-state index in [1.54, 1.807) is 0 Å². The van der Waals surface area contributed by atoms with E-state index >= 15 is 0 Å². The number of aromatic nitrogens is 1. The van der Waals surface area contributed by atoms with Crippen molar-refractivity contribution < 1.29 is 4.79 Å². The van der Waals surface area contributed by atoms with Crippen molar-refractivity contribution >= 4 is 32.7 Å². The fraction of sp³-hybridized carbons (Fsp3) is 0.357. The average molecular weight is 322 g/mol. The number of benzene rings is 1. The third kappa shape index (κ3) is 2.67. The highest BCUT2D eigenvalue weighted by atomic mass is 79.9. The molecule has 100 valence electrons. The van der Waals surface area contributed by atoms with Crippen LogP contribution in [-0.2, 0) is 11.2 Å². The number of halogens is 1. The van der Waals surface area contributed by atoms with Gasteiger partial charge in [0.15, 0.2) is 0 Å². The van der Waals surface area contributed by atoms with E-state index in [9.17, 15) is 4.79 Å². The predicted octanol–water partition coefficient (Wildman–Crippen LogP) is 1.90. The molecule has 4 nitrogen and oxygen atoms in total. The van der Waals surface area contributed by atoms with Crippen molar-refractivity contribution in [2.75, 3.05) is 26.2 Å². The highest BCUT2D eigenvalue weighted by molar-refractivity contribution is 9.10. The summed E-state index contributed by atoms with van der Waals surface area (Å²) in [6.45, 7) is 2.97. The first-order chi connectivity index (χ1) is 9.24. The molecule has 1 fully saturated rings. The van der Waals surface area contributed by atoms with Crippen molar-refractivity contribution in [2.24, 2.45) is 0 Å². The Morgan fingerprint density at radius 1 is 1.37 bits per heavy atom. The third-order valence-electron chi connectivity index (χ3n) is 3.57. The van der Waals surface area contributed by atoms with Gasteiger partial charge in [0.05, 0.1) is 6.54 Å². The van der Waals surface area contributed by atoms with Gasteiger partial charge in [-0.05, 0) is 30.2 Å². The van der Waals surface area contributed by atoms with Gasteiger partial charge in [0.2, 0.25) is 5.91 Å². The largest absolute Gasteiger partial charge is 0.361 e. The summed E-state index contributed by atoms with van der Waals surface area (Å²) in [6, 6.07) is 6.22. The second-order valence-electron chi connectivity index (χ2n) is 4.81. The Hall–Kier alpha value is -1.33. The van der Waals surface area contributed by atoms with E-state index in [0.29, 0.717) is 6.54 Å². The van der Waals surface area contributed by atoms with Gasteiger partial charge in [0, 0.05) is 41.2 Å². The molecule has 0 radical (unpaired) electrons. The van der Waals surface area contributed by atoms with Crippen LogP contribution in [0.4, 0.5) is 0 Å². The monoisotopic (exact) mass is 321 g/mol. The second-order valence-corrected chi connectivity index (χ2v) is 5.73. The van der Waals surface area contributed by atoms with Crippen LogP contribution in [0.5, 0.6) is 0 Å². The molecular weight excluding hydrogens is 306 g/mol. The molecule has 1 aromatic heterocycles. The van der Waals surface area contributed by atoms with E-state index in [-0.39, 0.29) is 5.91 Å². The maximum absolute atomic E-state index is 11.7. The lowest BCUT2D eigenvalue weighted by Crippen LogP contribution is -2.48. The summed E-state index contributed by atoms with van der Waals surface area (Å²) in [5.41, 5.74) is 2.41. The van der Waals surface area contributed by atoms with Crippen LogP contribution in [-0.4, -0.2) is 42.0 Å². The van der Waals surface area contributed by atoms with Gasteiger partial charge in [-0.15, -0.1) is 0 Å². The number of hydrogen-bond acceptors (Lipinski definition) is 2. The van der Waals surface area contributed by atoms with Gasteiger partial charge in [-0.25, -0.2) is 0 Å². The van der Waals surface area contributed by atoms with Crippen LogP contribution in [0.25, 0.3) is 10.9 Å². The molecule has 1 aromatic carbocycles. The molecule has 0 aliphatic carbocycles. The zero-order valence-corrected chi connectivity index (χ0v) is 12.2. The zero-order chi connectivity index (χ0) is 13.2. The van der Waals surface area contributed by atoms with Crippen molar-refractivity contribution in [2.45, 2.75) is 6.42 Å². The zero-order valence-electron chi connectivity index (χ0n) is 10.6. The van der Waals surface area contributed by atoms with E-state index in [2.05, 4.69) is 38.4 Å². The first-order valence-corrected chi connectivity index (χ1v) is 7.27. The molecular formula is C14H16BrN3O. The van der Waals surface area contributed by atoms with Crippen molar-refractivity contribution in [1.82, 2.24) is 15.2 Å². The minimum Gasteiger partial charge on any atom is -0.361 e. The molecule has 1 saturated heterocycles. The number of aromatic amines is 1. The Morgan fingerprint density at radius 2 is 2.26 bits per heavy atom. The molecule has 0 atom stereocenters. The van der Waals surface area contributed by atoms with Crippen molar-refractivity contribution in [1.29, 1.82) is 0 Å². The molecule has 2 aromatic rings. The number of H-pyrrole nitrogens is 1. The fourth-order valence-corrected chi connectivity index (χ4v) is 2.86. The molecule has 0 saturated carbocycles. The fourth-order valence-electron chi connectivity index (χ4n) is 2.50. The minimum absolute atomic E-state index is 0.201. The van der Waals surface area contributed by atoms with Crippen LogP contribution < -0.4 is 5.32 Å². The van der Waals surface area contributed by atoms with E-state index in [1.165, 1.54) is 10.9 Å². The van der Waals surface area contributed by atoms with Crippen LogP contribution in [0.1, 0.15) is 5.56 Å². The van der Waals surface area contributed by atoms with Gasteiger partial charge >= 0.3 is 0 Å². The summed E-state index contributed by atoms with van der Waals surface area (Å²) >= 11 is 3.50. The number of amides is 1. The smallest absolute Gasteiger partial charge is 0.236 e. The molecule has 3 rings (SSSR count). The summed E-state index contributed by atoms with van der Waals surface area (Å²) in [5, 5.41) is 4.32. The standard InChI is InChI=1S/C14H16BrN3O/c15-11-1-2-13-12(7-11)10(8-17-13)3-5-18-6-4-16-9-14(18)19/h1-2,7-8,16-17H,3-6,9H2. The van der Waals surface area contributed by atoms with E-state index in [0.717, 1.165) is 36.0 Å². The third-order valence-corrected chi connectivity index (χ3v) is 4.06. The van der Waals surface area contributed by atoms with Crippen molar-refractivity contribution in [3.8, 4) is 0 Å². The summed E-state index contributed by atoms with van der Waals surface area (Å²) in [4.78, 5) is 16.9. The topological polar surface area (TPSA) is 48.1 Å². The number of piperazine rings is 1. The lowest BCUT2D eigenvalue weighted by molar-refractivity contribution is -0.131. The van der Waals surface area contributed by atoms with Crippen LogP contribution in [0.3, 0.4) is 0 Å². The van der Waals surface area contributed by atoms with E-state index in [1.807, 2.05) is 17.2 Å². The lowest BCUT2D eigenvalue weighted by atomic mass is 10.1. The Labute approximate surface area is 120 Å². The maximum atomic E-state index is 11.7. The minimum atomic E-state index is 0.201. The Morgan fingerprint density at radius 3 is 3.11 bits per heavy atom. The number of fused-ring (bicyclic) bond motifs is 1. The molecule has 0 unspecified atom stereocenters. The van der Waals surface area contributed by atoms with Crippen LogP contribution in [0, 0.1) is 0 Å². The van der Waals surface area contributed by atoms with E-state index in [4.69, 9.17) is 0 Å². The van der Waals surface area contributed by atoms with Gasteiger partial charge in [-0.1, -0.05) is 15.9 Å². The molecule has 2 heterocycles. The molecule has 0 spiro atoms. The van der Waals surface area contributed by atoms with Gasteiger partial charge in [0.25, 0.3) is 0 Å². The van der Waals surface area contributed by atoms with Gasteiger partial charge < -0.3 is 15.2 Å². The molecule has 19 heavy (non-hydrogen) atoms. The number of hydrogen-bond donors (Lipinski definition) is 2. The molecule has 1 aliphatic rings. The molecule has 1 aliphatic heterocycles. The quantitative estimate of drug-likeness (QED) is 0.907. The summed E-state index contributed by atoms with van der Waals surface area (Å²) in [7, 11) is 0. The first kappa shape index (κ1) is 12.7. The Balaban J connectivity index is 1.74. The number of rotatable bonds is 3. The van der Waals surface area contributed by atoms with Crippen LogP contribution >= 0.6 is 15.9 Å². The highest BCUT2D eigenvalue weighted by Crippen LogP contribution is 2.23. The summed E-state index contributed by atoms with van der Waals surface area (Å²) in [5.74, 6) is 0.201. The Kier molecular flexibility index (Phi) is 3.57. The first-order valence-electron chi connectivity index (χ1n) is 6.48. The predicted molar refractivity (Wildman–Crippen MR) is 79.2 cm³/mol. The number of carbonyl (C=O) groups excluding carboxylic acids is 1. The van der Waals surface area contributed by atoms with Gasteiger partial charge in [0.1, 0.15) is 0 Å². The van der Waals surface area contributed by atoms with Crippen LogP contribution in [0.15, 0.2) is 28.9 Å². The Bertz CT molecular complexity index is 608. The van der Waals surface area contributed by atoms with Crippen molar-refractivity contribution in [3.63, 3.8) is 0 Å². The van der Waals surface area contributed by atoms with Crippen molar-refractivity contribution in [3.05, 3.63) is 34.4 Å². The number of carbonyl (C=O) groups is 1. The maximum Gasteiger partial charge on any atom is 0.236 e. The molecule has 2 N–H and O–H groups in total. The normalized spacial score (nSPS) is 16.3. The van der Waals surface area contributed by atoms with E-state index < -0.39 is 0 Å². The van der Waals surface area contributed by atoms with Gasteiger partial charge in [-0.3, -0.25) is 4.79 Å². The molecule has 5 heteroatoms. The molecule has 1 amide bonds. The average Bonchev–Trinajstić information content (AvgIpc) is 2.80. The van der Waals surface area contributed by atoms with Gasteiger partial charge in [-0.2, -0.15) is 0 Å². The SMILES string of the molecule is O=C1CNCCN1CCc1c[nH]c2ccc(Br)cc12. The highest BCUT2D eigenvalue weighted by Gasteiger charge is 2.17. The number of nitrogens with one attached hydrogen (secondary N) is 2.